The van der Waals surface area contributed by atoms with Gasteiger partial charge in [0.25, 0.3) is 5.91 Å². The maximum atomic E-state index is 13.2. The maximum Gasteiger partial charge on any atom is 0.273 e. The summed E-state index contributed by atoms with van der Waals surface area (Å²) in [7, 11) is 0. The molecule has 0 fully saturated rings. The molecule has 5 rings (SSSR count). The third kappa shape index (κ3) is 5.96. The van der Waals surface area contributed by atoms with Gasteiger partial charge in [-0.2, -0.15) is 5.10 Å². The maximum absolute atomic E-state index is 13.2. The summed E-state index contributed by atoms with van der Waals surface area (Å²) in [5.41, 5.74) is 5.61. The van der Waals surface area contributed by atoms with Crippen LogP contribution in [0.25, 0.3) is 11.3 Å². The molecular weight excluding hydrogens is 496 g/mol. The van der Waals surface area contributed by atoms with Crippen LogP contribution in [0.5, 0.6) is 0 Å². The highest BCUT2D eigenvalue weighted by atomic mass is 16.3. The first-order valence-electron chi connectivity index (χ1n) is 13.0. The average Bonchev–Trinajstić information content (AvgIpc) is 3.53. The number of fused-ring (bicyclic) bond motifs is 1. The highest BCUT2D eigenvalue weighted by molar-refractivity contribution is 5.92. The molecule has 0 saturated heterocycles. The Hall–Kier alpha value is -4.16. The van der Waals surface area contributed by atoms with E-state index in [-0.39, 0.29) is 29.8 Å². The van der Waals surface area contributed by atoms with E-state index in [0.29, 0.717) is 19.0 Å². The van der Waals surface area contributed by atoms with Crippen molar-refractivity contribution in [2.45, 2.75) is 45.7 Å². The lowest BCUT2D eigenvalue weighted by Crippen LogP contribution is -2.38. The summed E-state index contributed by atoms with van der Waals surface area (Å²) in [4.78, 5) is 24.4. The summed E-state index contributed by atoms with van der Waals surface area (Å²) in [6.07, 6.45) is 5.87. The predicted octanol–water partition coefficient (Wildman–Crippen LogP) is 2.59. The average molecular weight is 531 g/mol. The molecule has 0 radical (unpaired) electrons. The SMILES string of the molecule is Cc1[nH]ncc1Nc1nccc(-c2ccc3c(c2)CCN(CCO)CC3NC(=O)c2cn(C(C)(C)C)nn2)n1. The number of nitrogens with one attached hydrogen (secondary N) is 3. The quantitative estimate of drug-likeness (QED) is 0.283. The van der Waals surface area contributed by atoms with Crippen LogP contribution in [0.4, 0.5) is 11.6 Å². The minimum absolute atomic E-state index is 0.0506. The number of anilines is 2. The molecule has 12 heteroatoms. The Morgan fingerprint density at radius 3 is 2.82 bits per heavy atom. The third-order valence-electron chi connectivity index (χ3n) is 6.82. The van der Waals surface area contributed by atoms with Crippen LogP contribution in [0.2, 0.25) is 0 Å². The van der Waals surface area contributed by atoms with Crippen LogP contribution in [0.3, 0.4) is 0 Å². The first-order chi connectivity index (χ1) is 18.7. The number of H-pyrrole nitrogens is 1. The van der Waals surface area contributed by atoms with Crippen molar-refractivity contribution < 1.29 is 9.90 Å². The zero-order chi connectivity index (χ0) is 27.6. The second-order valence-electron chi connectivity index (χ2n) is 10.7. The van der Waals surface area contributed by atoms with Gasteiger partial charge in [-0.05, 0) is 57.4 Å². The minimum atomic E-state index is -0.280. The zero-order valence-electron chi connectivity index (χ0n) is 22.6. The molecule has 0 saturated carbocycles. The van der Waals surface area contributed by atoms with Gasteiger partial charge in [-0.1, -0.05) is 17.3 Å². The summed E-state index contributed by atoms with van der Waals surface area (Å²) < 4.78 is 1.69. The van der Waals surface area contributed by atoms with E-state index in [2.05, 4.69) is 53.2 Å². The molecule has 4 N–H and O–H groups in total. The Kier molecular flexibility index (Phi) is 7.40. The number of aryl methyl sites for hydroxylation is 1. The topological polar surface area (TPSA) is 150 Å². The largest absolute Gasteiger partial charge is 0.395 e. The van der Waals surface area contributed by atoms with Crippen LogP contribution < -0.4 is 10.6 Å². The number of β-amino-alcohol motifs (C(OH)–C–C–N with tert-alkyl or cyclic N) is 1. The molecule has 1 aliphatic heterocycles. The van der Waals surface area contributed by atoms with Gasteiger partial charge in [0, 0.05) is 31.4 Å². The Labute approximate surface area is 226 Å². The Morgan fingerprint density at radius 1 is 1.26 bits per heavy atom. The molecule has 39 heavy (non-hydrogen) atoms. The molecule has 0 bridgehead atoms. The van der Waals surface area contributed by atoms with Crippen molar-refractivity contribution in [3.05, 3.63) is 65.4 Å². The Bertz CT molecular complexity index is 1450. The number of carbonyl (C=O) groups excluding carboxylic acids is 1. The molecule has 0 spiro atoms. The predicted molar refractivity (Wildman–Crippen MR) is 147 cm³/mol. The van der Waals surface area contributed by atoms with E-state index in [0.717, 1.165) is 46.7 Å². The van der Waals surface area contributed by atoms with E-state index in [1.165, 1.54) is 0 Å². The van der Waals surface area contributed by atoms with Gasteiger partial charge < -0.3 is 15.7 Å². The van der Waals surface area contributed by atoms with Gasteiger partial charge in [-0.15, -0.1) is 5.10 Å². The van der Waals surface area contributed by atoms with E-state index in [1.54, 1.807) is 23.3 Å². The number of nitrogens with zero attached hydrogens (tertiary/aromatic N) is 7. The van der Waals surface area contributed by atoms with Gasteiger partial charge in [0.2, 0.25) is 5.95 Å². The Balaban J connectivity index is 1.41. The fourth-order valence-corrected chi connectivity index (χ4v) is 4.62. The number of aliphatic hydroxyl groups excluding tert-OH is 1. The first kappa shape index (κ1) is 26.4. The molecule has 1 amide bonds. The molecule has 204 valence electrons. The second kappa shape index (κ2) is 10.9. The molecule has 12 nitrogen and oxygen atoms in total. The summed E-state index contributed by atoms with van der Waals surface area (Å²) >= 11 is 0. The standard InChI is InChI=1S/C27H34N10O2/c1-17-22(14-29-33-17)32-26-28-9-7-21(31-26)19-5-6-20-18(13-19)8-10-36(11-12-38)15-23(20)30-25(39)24-16-37(35-34-24)27(2,3)4/h5-7,9,13-14,16,23,38H,8,10-12,15H2,1-4H3,(H,29,33)(H,30,39)(H,28,31,32). The lowest BCUT2D eigenvalue weighted by Gasteiger charge is -2.25. The normalized spacial score (nSPS) is 16.0. The molecule has 1 unspecified atom stereocenters. The van der Waals surface area contributed by atoms with Gasteiger partial charge in [0.05, 0.1) is 47.7 Å². The number of aromatic nitrogens is 7. The lowest BCUT2D eigenvalue weighted by molar-refractivity contribution is 0.0917. The number of hydrogen-bond acceptors (Lipinski definition) is 9. The molecule has 1 aliphatic rings. The summed E-state index contributed by atoms with van der Waals surface area (Å²) in [6, 6.07) is 7.80. The number of aromatic amines is 1. The van der Waals surface area contributed by atoms with E-state index in [1.807, 2.05) is 39.8 Å². The van der Waals surface area contributed by atoms with E-state index in [4.69, 9.17) is 4.98 Å². The minimum Gasteiger partial charge on any atom is -0.395 e. The molecule has 0 aliphatic carbocycles. The molecule has 1 atom stereocenters. The van der Waals surface area contributed by atoms with Gasteiger partial charge in [-0.25, -0.2) is 14.6 Å². The van der Waals surface area contributed by atoms with Crippen molar-refractivity contribution in [1.82, 2.24) is 45.4 Å². The molecule has 4 aromatic rings. The van der Waals surface area contributed by atoms with Crippen molar-refractivity contribution in [3.8, 4) is 11.3 Å². The van der Waals surface area contributed by atoms with Crippen molar-refractivity contribution in [1.29, 1.82) is 0 Å². The van der Waals surface area contributed by atoms with Crippen LogP contribution in [0.15, 0.2) is 42.9 Å². The number of rotatable bonds is 7. The number of hydrogen-bond donors (Lipinski definition) is 4. The van der Waals surface area contributed by atoms with Crippen molar-refractivity contribution >= 4 is 17.5 Å². The second-order valence-corrected chi connectivity index (χ2v) is 10.7. The van der Waals surface area contributed by atoms with Gasteiger partial charge in [0.1, 0.15) is 0 Å². The molecule has 4 heterocycles. The van der Waals surface area contributed by atoms with Crippen molar-refractivity contribution in [2.75, 3.05) is 31.6 Å². The fourth-order valence-electron chi connectivity index (χ4n) is 4.62. The van der Waals surface area contributed by atoms with Crippen LogP contribution in [0, 0.1) is 6.92 Å². The van der Waals surface area contributed by atoms with Gasteiger partial charge in [-0.3, -0.25) is 14.8 Å². The lowest BCUT2D eigenvalue weighted by atomic mass is 9.96. The van der Waals surface area contributed by atoms with Crippen LogP contribution in [0.1, 0.15) is 54.1 Å². The highest BCUT2D eigenvalue weighted by Crippen LogP contribution is 2.29. The summed E-state index contributed by atoms with van der Waals surface area (Å²) in [5, 5.41) is 31.1. The van der Waals surface area contributed by atoms with Gasteiger partial charge >= 0.3 is 0 Å². The number of benzene rings is 1. The smallest absolute Gasteiger partial charge is 0.273 e. The monoisotopic (exact) mass is 530 g/mol. The van der Waals surface area contributed by atoms with Crippen molar-refractivity contribution in [3.63, 3.8) is 0 Å². The first-order valence-corrected chi connectivity index (χ1v) is 13.0. The summed E-state index contributed by atoms with van der Waals surface area (Å²) in [6.45, 7) is 9.86. The number of aliphatic hydroxyl groups is 1. The van der Waals surface area contributed by atoms with Gasteiger partial charge in [0.15, 0.2) is 5.69 Å². The zero-order valence-corrected chi connectivity index (χ0v) is 22.6. The number of amides is 1. The van der Waals surface area contributed by atoms with Crippen molar-refractivity contribution in [2.24, 2.45) is 0 Å². The Morgan fingerprint density at radius 2 is 2.10 bits per heavy atom. The summed E-state index contributed by atoms with van der Waals surface area (Å²) in [5.74, 6) is 0.201. The third-order valence-corrected chi connectivity index (χ3v) is 6.82. The fraction of sp³-hybridized carbons (Fsp3) is 0.407. The molecular formula is C27H34N10O2. The van der Waals surface area contributed by atoms with Crippen LogP contribution >= 0.6 is 0 Å². The molecule has 3 aromatic heterocycles. The molecule has 1 aromatic carbocycles. The highest BCUT2D eigenvalue weighted by Gasteiger charge is 2.27. The van der Waals surface area contributed by atoms with Crippen LogP contribution in [-0.4, -0.2) is 77.3 Å². The number of carbonyl (C=O) groups is 1. The van der Waals surface area contributed by atoms with Crippen LogP contribution in [-0.2, 0) is 12.0 Å². The van der Waals surface area contributed by atoms with E-state index >= 15 is 0 Å². The van der Waals surface area contributed by atoms with E-state index < -0.39 is 0 Å². The van der Waals surface area contributed by atoms with E-state index in [9.17, 15) is 9.90 Å².